The molecule has 1 heterocycles. The van der Waals surface area contributed by atoms with Crippen molar-refractivity contribution in [1.82, 2.24) is 0 Å². The molecule has 0 aliphatic heterocycles. The Morgan fingerprint density at radius 3 is 2.42 bits per heavy atom. The fourth-order valence-electron chi connectivity index (χ4n) is 1.68. The highest BCUT2D eigenvalue weighted by molar-refractivity contribution is 9.10. The van der Waals surface area contributed by atoms with Crippen LogP contribution in [0.3, 0.4) is 0 Å². The molecule has 0 spiro atoms. The second-order valence-electron chi connectivity index (χ2n) is 4.09. The Hall–Kier alpha value is -0.850. The van der Waals surface area contributed by atoms with Crippen LogP contribution in [-0.4, -0.2) is 5.11 Å². The Balaban J connectivity index is 2.44. The zero-order chi connectivity index (χ0) is 14.2. The molecule has 1 aromatic carbocycles. The lowest BCUT2D eigenvalue weighted by molar-refractivity contribution is -0.137. The molecule has 1 nitrogen and oxygen atoms in total. The largest absolute Gasteiger partial charge is 0.416 e. The van der Waals surface area contributed by atoms with Crippen molar-refractivity contribution in [1.29, 1.82) is 0 Å². The van der Waals surface area contributed by atoms with Gasteiger partial charge in [-0.3, -0.25) is 0 Å². The van der Waals surface area contributed by atoms with Crippen molar-refractivity contribution < 1.29 is 18.3 Å². The van der Waals surface area contributed by atoms with Gasteiger partial charge in [-0.2, -0.15) is 13.2 Å². The summed E-state index contributed by atoms with van der Waals surface area (Å²) in [7, 11) is 0. The van der Waals surface area contributed by atoms with Crippen LogP contribution in [0.4, 0.5) is 13.2 Å². The van der Waals surface area contributed by atoms with Crippen LogP contribution >= 0.6 is 27.3 Å². The third kappa shape index (κ3) is 3.19. The molecule has 0 fully saturated rings. The summed E-state index contributed by atoms with van der Waals surface area (Å²) in [5.41, 5.74) is -0.547. The summed E-state index contributed by atoms with van der Waals surface area (Å²) in [6, 6.07) is 6.81. The van der Waals surface area contributed by atoms with Gasteiger partial charge in [-0.05, 0) is 37.3 Å². The van der Waals surface area contributed by atoms with E-state index in [4.69, 9.17) is 0 Å². The summed E-state index contributed by atoms with van der Waals surface area (Å²) in [6.45, 7) is 1.88. The summed E-state index contributed by atoms with van der Waals surface area (Å²) < 4.78 is 38.5. The summed E-state index contributed by atoms with van der Waals surface area (Å²) in [5.74, 6) is 0. The molecule has 2 aromatic rings. The molecule has 1 aromatic heterocycles. The van der Waals surface area contributed by atoms with E-state index in [0.717, 1.165) is 17.0 Å². The summed E-state index contributed by atoms with van der Waals surface area (Å²) in [5, 5.41) is 10.2. The van der Waals surface area contributed by atoms with Gasteiger partial charge in [0, 0.05) is 19.8 Å². The van der Waals surface area contributed by atoms with E-state index in [-0.39, 0.29) is 5.56 Å². The van der Waals surface area contributed by atoms with Gasteiger partial charge < -0.3 is 5.11 Å². The van der Waals surface area contributed by atoms with Crippen molar-refractivity contribution in [2.24, 2.45) is 0 Å². The van der Waals surface area contributed by atoms with Crippen LogP contribution in [0.5, 0.6) is 0 Å². The van der Waals surface area contributed by atoms with Crippen molar-refractivity contribution in [3.05, 3.63) is 55.7 Å². The van der Waals surface area contributed by atoms with Gasteiger partial charge >= 0.3 is 6.18 Å². The van der Waals surface area contributed by atoms with Crippen LogP contribution in [-0.2, 0) is 6.18 Å². The number of alkyl halides is 3. The molecule has 2 rings (SSSR count). The molecule has 0 bridgehead atoms. The summed E-state index contributed by atoms with van der Waals surface area (Å²) in [4.78, 5) is 1.62. The molecule has 0 saturated carbocycles. The fourth-order valence-corrected chi connectivity index (χ4v) is 3.03. The molecule has 0 radical (unpaired) electrons. The number of halogens is 4. The SMILES string of the molecule is Cc1ccc(C(O)c2cc(C(F)(F)F)ccc2Br)s1. The third-order valence-electron chi connectivity index (χ3n) is 2.65. The van der Waals surface area contributed by atoms with Crippen LogP contribution < -0.4 is 0 Å². The number of thiophene rings is 1. The van der Waals surface area contributed by atoms with Gasteiger partial charge in [-0.15, -0.1) is 11.3 Å². The molecule has 0 saturated heterocycles. The summed E-state index contributed by atoms with van der Waals surface area (Å²) >= 11 is 4.54. The fraction of sp³-hybridized carbons (Fsp3) is 0.231. The predicted octanol–water partition coefficient (Wildman–Crippen LogP) is 4.92. The van der Waals surface area contributed by atoms with Crippen LogP contribution in [0, 0.1) is 6.92 Å². The average molecular weight is 351 g/mol. The second kappa shape index (κ2) is 5.26. The number of benzene rings is 1. The molecule has 1 atom stereocenters. The second-order valence-corrected chi connectivity index (χ2v) is 6.26. The van der Waals surface area contributed by atoms with Crippen molar-refractivity contribution in [2.75, 3.05) is 0 Å². The highest BCUT2D eigenvalue weighted by Gasteiger charge is 2.31. The first-order valence-corrected chi connectivity index (χ1v) is 7.01. The van der Waals surface area contributed by atoms with Gasteiger partial charge in [0.2, 0.25) is 0 Å². The van der Waals surface area contributed by atoms with Crippen LogP contribution in [0.25, 0.3) is 0 Å². The van der Waals surface area contributed by atoms with E-state index < -0.39 is 17.8 Å². The topological polar surface area (TPSA) is 20.2 Å². The van der Waals surface area contributed by atoms with E-state index in [1.807, 2.05) is 13.0 Å². The number of aliphatic hydroxyl groups is 1. The predicted molar refractivity (Wildman–Crippen MR) is 72.3 cm³/mol. The number of aryl methyl sites for hydroxylation is 1. The van der Waals surface area contributed by atoms with Crippen LogP contribution in [0.1, 0.15) is 27.0 Å². The third-order valence-corrected chi connectivity index (χ3v) is 4.42. The van der Waals surface area contributed by atoms with Gasteiger partial charge in [-0.1, -0.05) is 15.9 Å². The Morgan fingerprint density at radius 1 is 1.21 bits per heavy atom. The maximum atomic E-state index is 12.7. The average Bonchev–Trinajstić information content (AvgIpc) is 2.74. The quantitative estimate of drug-likeness (QED) is 0.814. The van der Waals surface area contributed by atoms with E-state index in [2.05, 4.69) is 15.9 Å². The van der Waals surface area contributed by atoms with Crippen molar-refractivity contribution in [3.63, 3.8) is 0 Å². The zero-order valence-corrected chi connectivity index (χ0v) is 12.2. The smallest absolute Gasteiger partial charge is 0.383 e. The van der Waals surface area contributed by atoms with Crippen molar-refractivity contribution >= 4 is 27.3 Å². The number of aliphatic hydroxyl groups excluding tert-OH is 1. The van der Waals surface area contributed by atoms with E-state index in [0.29, 0.717) is 9.35 Å². The zero-order valence-electron chi connectivity index (χ0n) is 9.83. The molecule has 102 valence electrons. The molecular weight excluding hydrogens is 341 g/mol. The molecule has 1 N–H and O–H groups in total. The van der Waals surface area contributed by atoms with Crippen molar-refractivity contribution in [2.45, 2.75) is 19.2 Å². The molecule has 0 aliphatic carbocycles. The van der Waals surface area contributed by atoms with Gasteiger partial charge in [0.1, 0.15) is 6.10 Å². The van der Waals surface area contributed by atoms with E-state index in [1.54, 1.807) is 6.07 Å². The first kappa shape index (κ1) is 14.6. The van der Waals surface area contributed by atoms with Crippen molar-refractivity contribution in [3.8, 4) is 0 Å². The minimum absolute atomic E-state index is 0.219. The lowest BCUT2D eigenvalue weighted by atomic mass is 10.0. The normalized spacial score (nSPS) is 13.6. The lowest BCUT2D eigenvalue weighted by Crippen LogP contribution is -2.07. The van der Waals surface area contributed by atoms with Gasteiger partial charge in [-0.25, -0.2) is 0 Å². The molecule has 19 heavy (non-hydrogen) atoms. The van der Waals surface area contributed by atoms with E-state index >= 15 is 0 Å². The maximum absolute atomic E-state index is 12.7. The number of rotatable bonds is 2. The monoisotopic (exact) mass is 350 g/mol. The van der Waals surface area contributed by atoms with E-state index in [9.17, 15) is 18.3 Å². The molecule has 0 amide bonds. The summed E-state index contributed by atoms with van der Waals surface area (Å²) in [6.07, 6.45) is -5.48. The standard InChI is InChI=1S/C13H10BrF3OS/c1-7-2-5-11(19-7)12(18)9-6-8(13(15,16)17)3-4-10(9)14/h2-6,12,18H,1H3. The van der Waals surface area contributed by atoms with Gasteiger partial charge in [0.25, 0.3) is 0 Å². The maximum Gasteiger partial charge on any atom is 0.416 e. The highest BCUT2D eigenvalue weighted by atomic mass is 79.9. The minimum Gasteiger partial charge on any atom is -0.383 e. The van der Waals surface area contributed by atoms with Crippen LogP contribution in [0.15, 0.2) is 34.8 Å². The Morgan fingerprint density at radius 2 is 1.89 bits per heavy atom. The highest BCUT2D eigenvalue weighted by Crippen LogP contribution is 2.37. The first-order chi connectivity index (χ1) is 8.79. The molecule has 6 heteroatoms. The minimum atomic E-state index is -4.42. The van der Waals surface area contributed by atoms with E-state index in [1.165, 1.54) is 17.4 Å². The Kier molecular flexibility index (Phi) is 4.03. The Bertz CT molecular complexity index is 592. The molecule has 0 aliphatic rings. The Labute approximate surface area is 120 Å². The number of hydrogen-bond acceptors (Lipinski definition) is 2. The first-order valence-electron chi connectivity index (χ1n) is 5.40. The molecule has 1 unspecified atom stereocenters. The van der Waals surface area contributed by atoms with Gasteiger partial charge in [0.15, 0.2) is 0 Å². The van der Waals surface area contributed by atoms with Crippen LogP contribution in [0.2, 0.25) is 0 Å². The van der Waals surface area contributed by atoms with Gasteiger partial charge in [0.05, 0.1) is 5.56 Å². The molecular formula is C13H10BrF3OS. The number of hydrogen-bond donors (Lipinski definition) is 1. The lowest BCUT2D eigenvalue weighted by Gasteiger charge is -2.14.